The zero-order valence-electron chi connectivity index (χ0n) is 10.0. The van der Waals surface area contributed by atoms with Crippen molar-refractivity contribution in [2.45, 2.75) is 45.6 Å². The summed E-state index contributed by atoms with van der Waals surface area (Å²) < 4.78 is 0. The van der Waals surface area contributed by atoms with Crippen LogP contribution in [0.4, 0.5) is 0 Å². The first-order valence-corrected chi connectivity index (χ1v) is 5.64. The zero-order chi connectivity index (χ0) is 12.6. The molecule has 2 atom stereocenters. The van der Waals surface area contributed by atoms with Gasteiger partial charge in [0.15, 0.2) is 0 Å². The Morgan fingerprint density at radius 2 is 2.12 bits per heavy atom. The molecule has 0 aromatic carbocycles. The molecule has 0 bridgehead atoms. The highest BCUT2D eigenvalue weighted by Gasteiger charge is 2.19. The third-order valence-corrected chi connectivity index (χ3v) is 2.52. The van der Waals surface area contributed by atoms with Gasteiger partial charge in [-0.05, 0) is 18.8 Å². The summed E-state index contributed by atoms with van der Waals surface area (Å²) in [6.45, 7) is 7.50. The van der Waals surface area contributed by atoms with Gasteiger partial charge in [-0.25, -0.2) is 4.79 Å². The summed E-state index contributed by atoms with van der Waals surface area (Å²) in [5.74, 6) is -0.890. The number of carbonyl (C=O) groups excluding carboxylic acids is 1. The molecule has 0 fully saturated rings. The largest absolute Gasteiger partial charge is 0.480 e. The van der Waals surface area contributed by atoms with Crippen molar-refractivity contribution in [3.63, 3.8) is 0 Å². The van der Waals surface area contributed by atoms with E-state index in [2.05, 4.69) is 11.9 Å². The van der Waals surface area contributed by atoms with Crippen LogP contribution in [0.2, 0.25) is 0 Å². The summed E-state index contributed by atoms with van der Waals surface area (Å²) >= 11 is 0. The molecule has 0 saturated carbocycles. The lowest BCUT2D eigenvalue weighted by Gasteiger charge is -2.15. The number of hydrogen-bond donors (Lipinski definition) is 2. The Kier molecular flexibility index (Phi) is 7.25. The summed E-state index contributed by atoms with van der Waals surface area (Å²) in [7, 11) is 0. The van der Waals surface area contributed by atoms with Gasteiger partial charge in [0.2, 0.25) is 5.91 Å². The molecule has 0 aromatic heterocycles. The maximum atomic E-state index is 11.5. The minimum atomic E-state index is -0.987. The van der Waals surface area contributed by atoms with E-state index >= 15 is 0 Å². The van der Waals surface area contributed by atoms with E-state index in [0.717, 1.165) is 6.42 Å². The van der Waals surface area contributed by atoms with E-state index in [0.29, 0.717) is 19.3 Å². The Hall–Kier alpha value is -1.32. The summed E-state index contributed by atoms with van der Waals surface area (Å²) in [6, 6.07) is -0.797. The maximum absolute atomic E-state index is 11.5. The van der Waals surface area contributed by atoms with E-state index < -0.39 is 12.0 Å². The quantitative estimate of drug-likeness (QED) is 0.623. The Morgan fingerprint density at radius 1 is 1.50 bits per heavy atom. The van der Waals surface area contributed by atoms with Crippen molar-refractivity contribution in [1.82, 2.24) is 5.32 Å². The van der Waals surface area contributed by atoms with Crippen LogP contribution in [0, 0.1) is 5.92 Å². The van der Waals surface area contributed by atoms with Gasteiger partial charge in [0.25, 0.3) is 0 Å². The number of carbonyl (C=O) groups is 2. The lowest BCUT2D eigenvalue weighted by molar-refractivity contribution is -0.142. The zero-order valence-corrected chi connectivity index (χ0v) is 10.0. The second-order valence-corrected chi connectivity index (χ2v) is 4.04. The van der Waals surface area contributed by atoms with Gasteiger partial charge in [-0.15, -0.1) is 6.58 Å². The molecular weight excluding hydrogens is 206 g/mol. The smallest absolute Gasteiger partial charge is 0.326 e. The average molecular weight is 227 g/mol. The Morgan fingerprint density at radius 3 is 2.56 bits per heavy atom. The number of hydrogen-bond acceptors (Lipinski definition) is 2. The second-order valence-electron chi connectivity index (χ2n) is 4.04. The van der Waals surface area contributed by atoms with Crippen molar-refractivity contribution in [3.8, 4) is 0 Å². The summed E-state index contributed by atoms with van der Waals surface area (Å²) in [4.78, 5) is 22.3. The number of allylic oxidation sites excluding steroid dienone is 1. The standard InChI is InChI=1S/C12H21NO3/c1-4-6-7-10(12(15)16)13-11(14)8-9(3)5-2/h4,9-10H,1,5-8H2,2-3H3,(H,13,14)(H,15,16). The van der Waals surface area contributed by atoms with Crippen LogP contribution in [0.15, 0.2) is 12.7 Å². The Labute approximate surface area is 96.7 Å². The van der Waals surface area contributed by atoms with E-state index in [9.17, 15) is 9.59 Å². The van der Waals surface area contributed by atoms with Gasteiger partial charge in [0.1, 0.15) is 6.04 Å². The van der Waals surface area contributed by atoms with Crippen LogP contribution >= 0.6 is 0 Å². The molecular formula is C12H21NO3. The maximum Gasteiger partial charge on any atom is 0.326 e. The van der Waals surface area contributed by atoms with E-state index in [1.165, 1.54) is 0 Å². The van der Waals surface area contributed by atoms with Crippen molar-refractivity contribution in [2.75, 3.05) is 0 Å². The molecule has 92 valence electrons. The molecule has 4 heteroatoms. The second kappa shape index (κ2) is 7.91. The monoisotopic (exact) mass is 227 g/mol. The lowest BCUT2D eigenvalue weighted by atomic mass is 10.0. The molecule has 0 rings (SSSR count). The molecule has 0 spiro atoms. The van der Waals surface area contributed by atoms with Crippen molar-refractivity contribution < 1.29 is 14.7 Å². The minimum Gasteiger partial charge on any atom is -0.480 e. The fourth-order valence-corrected chi connectivity index (χ4v) is 1.26. The number of carboxylic acid groups (broad SMARTS) is 1. The fraction of sp³-hybridized carbons (Fsp3) is 0.667. The number of carboxylic acids is 1. The Balaban J connectivity index is 4.12. The molecule has 0 radical (unpaired) electrons. The number of amides is 1. The Bertz CT molecular complexity index is 251. The highest BCUT2D eigenvalue weighted by Crippen LogP contribution is 2.07. The van der Waals surface area contributed by atoms with Crippen LogP contribution in [-0.4, -0.2) is 23.0 Å². The summed E-state index contributed by atoms with van der Waals surface area (Å²) in [6.07, 6.45) is 3.93. The molecule has 2 N–H and O–H groups in total. The van der Waals surface area contributed by atoms with Crippen molar-refractivity contribution >= 4 is 11.9 Å². The summed E-state index contributed by atoms with van der Waals surface area (Å²) in [5, 5.41) is 11.4. The number of nitrogens with one attached hydrogen (secondary N) is 1. The average Bonchev–Trinajstić information content (AvgIpc) is 2.23. The first-order chi connectivity index (χ1) is 7.51. The van der Waals surface area contributed by atoms with Gasteiger partial charge in [0, 0.05) is 6.42 Å². The van der Waals surface area contributed by atoms with Crippen molar-refractivity contribution in [3.05, 3.63) is 12.7 Å². The normalized spacial score (nSPS) is 13.9. The van der Waals surface area contributed by atoms with Crippen LogP contribution in [0.3, 0.4) is 0 Å². The molecule has 0 aliphatic rings. The molecule has 0 aromatic rings. The molecule has 16 heavy (non-hydrogen) atoms. The van der Waals surface area contributed by atoms with E-state index in [4.69, 9.17) is 5.11 Å². The van der Waals surface area contributed by atoms with Gasteiger partial charge >= 0.3 is 5.97 Å². The van der Waals surface area contributed by atoms with Gasteiger partial charge in [-0.2, -0.15) is 0 Å². The van der Waals surface area contributed by atoms with Crippen LogP contribution in [0.1, 0.15) is 39.5 Å². The van der Waals surface area contributed by atoms with E-state index in [1.807, 2.05) is 13.8 Å². The fourth-order valence-electron chi connectivity index (χ4n) is 1.26. The third-order valence-electron chi connectivity index (χ3n) is 2.52. The SMILES string of the molecule is C=CCCC(NC(=O)CC(C)CC)C(=O)O. The van der Waals surface area contributed by atoms with Crippen molar-refractivity contribution in [1.29, 1.82) is 0 Å². The molecule has 0 saturated heterocycles. The highest BCUT2D eigenvalue weighted by atomic mass is 16.4. The first kappa shape index (κ1) is 14.7. The predicted molar refractivity (Wildman–Crippen MR) is 63.1 cm³/mol. The number of aliphatic carboxylic acids is 1. The predicted octanol–water partition coefficient (Wildman–Crippen LogP) is 1.96. The minimum absolute atomic E-state index is 0.189. The molecule has 2 unspecified atom stereocenters. The van der Waals surface area contributed by atoms with Crippen LogP contribution in [0.5, 0.6) is 0 Å². The van der Waals surface area contributed by atoms with Gasteiger partial charge < -0.3 is 10.4 Å². The number of rotatable bonds is 8. The van der Waals surface area contributed by atoms with Crippen LogP contribution in [-0.2, 0) is 9.59 Å². The molecule has 1 amide bonds. The molecule has 4 nitrogen and oxygen atoms in total. The third kappa shape index (κ3) is 6.22. The molecule has 0 heterocycles. The van der Waals surface area contributed by atoms with Crippen molar-refractivity contribution in [2.24, 2.45) is 5.92 Å². The molecule has 0 aliphatic carbocycles. The van der Waals surface area contributed by atoms with Gasteiger partial charge in [-0.1, -0.05) is 26.3 Å². The van der Waals surface area contributed by atoms with Gasteiger partial charge in [0.05, 0.1) is 0 Å². The van der Waals surface area contributed by atoms with Crippen LogP contribution < -0.4 is 5.32 Å². The highest BCUT2D eigenvalue weighted by molar-refractivity contribution is 5.83. The van der Waals surface area contributed by atoms with E-state index in [-0.39, 0.29) is 11.8 Å². The first-order valence-electron chi connectivity index (χ1n) is 5.64. The topological polar surface area (TPSA) is 66.4 Å². The van der Waals surface area contributed by atoms with E-state index in [1.54, 1.807) is 6.08 Å². The summed E-state index contributed by atoms with van der Waals surface area (Å²) in [5.41, 5.74) is 0. The lowest BCUT2D eigenvalue weighted by Crippen LogP contribution is -2.41. The van der Waals surface area contributed by atoms with Crippen LogP contribution in [0.25, 0.3) is 0 Å². The molecule has 0 aliphatic heterocycles. The van der Waals surface area contributed by atoms with Gasteiger partial charge in [-0.3, -0.25) is 4.79 Å².